The normalized spacial score (nSPS) is 15.7. The minimum atomic E-state index is 0. The van der Waals surface area contributed by atoms with Crippen LogP contribution in [0.5, 0.6) is 0 Å². The molecule has 1 saturated heterocycles. The Bertz CT molecular complexity index is 749. The summed E-state index contributed by atoms with van der Waals surface area (Å²) in [4.78, 5) is 20.6. The van der Waals surface area contributed by atoms with E-state index in [0.29, 0.717) is 6.04 Å². The van der Waals surface area contributed by atoms with E-state index in [1.54, 1.807) is 12.4 Å². The highest BCUT2D eigenvalue weighted by molar-refractivity contribution is 14.0. The van der Waals surface area contributed by atoms with Gasteiger partial charge in [0, 0.05) is 57.7 Å². The minimum Gasteiger partial charge on any atom is -0.357 e. The van der Waals surface area contributed by atoms with Crippen molar-refractivity contribution in [2.24, 2.45) is 4.99 Å². The zero-order valence-corrected chi connectivity index (χ0v) is 20.6. The highest BCUT2D eigenvalue weighted by atomic mass is 127. The van der Waals surface area contributed by atoms with Gasteiger partial charge in [0.15, 0.2) is 5.96 Å². The van der Waals surface area contributed by atoms with Crippen molar-refractivity contribution in [1.82, 2.24) is 25.1 Å². The summed E-state index contributed by atoms with van der Waals surface area (Å²) < 4.78 is 0. The lowest BCUT2D eigenvalue weighted by molar-refractivity contribution is 0.254. The topological polar surface area (TPSA) is 59.9 Å². The number of halogens is 1. The summed E-state index contributed by atoms with van der Waals surface area (Å²) in [6.07, 6.45) is 3.60. The van der Waals surface area contributed by atoms with Gasteiger partial charge in [-0.05, 0) is 32.5 Å². The molecular formula is C22H34IN7. The maximum absolute atomic E-state index is 4.94. The molecule has 164 valence electrons. The van der Waals surface area contributed by atoms with E-state index in [1.165, 1.54) is 5.56 Å². The van der Waals surface area contributed by atoms with E-state index in [2.05, 4.69) is 81.2 Å². The average Bonchev–Trinajstić information content (AvgIpc) is 2.78. The molecule has 1 aromatic heterocycles. The first-order chi connectivity index (χ1) is 14.2. The number of nitrogens with one attached hydrogen (secondary N) is 1. The Balaban J connectivity index is 0.00000320. The first kappa shape index (κ1) is 24.3. The lowest BCUT2D eigenvalue weighted by Crippen LogP contribution is -2.53. The highest BCUT2D eigenvalue weighted by Crippen LogP contribution is 2.10. The third-order valence-corrected chi connectivity index (χ3v) is 5.28. The summed E-state index contributed by atoms with van der Waals surface area (Å²) in [5, 5.41) is 3.46. The van der Waals surface area contributed by atoms with Crippen molar-refractivity contribution in [2.75, 3.05) is 51.2 Å². The van der Waals surface area contributed by atoms with Crippen LogP contribution in [0.2, 0.25) is 0 Å². The number of anilines is 1. The Morgan fingerprint density at radius 3 is 2.40 bits per heavy atom. The van der Waals surface area contributed by atoms with Crippen molar-refractivity contribution in [3.63, 3.8) is 0 Å². The van der Waals surface area contributed by atoms with Crippen LogP contribution in [0.3, 0.4) is 0 Å². The zero-order chi connectivity index (χ0) is 20.5. The first-order valence-electron chi connectivity index (χ1n) is 10.5. The van der Waals surface area contributed by atoms with E-state index in [1.807, 2.05) is 6.07 Å². The van der Waals surface area contributed by atoms with Crippen molar-refractivity contribution in [3.8, 4) is 0 Å². The van der Waals surface area contributed by atoms with Crippen molar-refractivity contribution in [1.29, 1.82) is 0 Å². The van der Waals surface area contributed by atoms with Crippen LogP contribution in [0.15, 0.2) is 53.8 Å². The molecule has 0 saturated carbocycles. The molecule has 7 nitrogen and oxygen atoms in total. The van der Waals surface area contributed by atoms with Gasteiger partial charge in [0.1, 0.15) is 0 Å². The summed E-state index contributed by atoms with van der Waals surface area (Å²) >= 11 is 0. The van der Waals surface area contributed by atoms with Gasteiger partial charge < -0.3 is 15.1 Å². The summed E-state index contributed by atoms with van der Waals surface area (Å²) in [5.74, 6) is 1.81. The Morgan fingerprint density at radius 1 is 1.10 bits per heavy atom. The predicted molar refractivity (Wildman–Crippen MR) is 135 cm³/mol. The van der Waals surface area contributed by atoms with Crippen molar-refractivity contribution in [3.05, 3.63) is 54.4 Å². The van der Waals surface area contributed by atoms with E-state index in [9.17, 15) is 0 Å². The molecule has 8 heteroatoms. The lowest BCUT2D eigenvalue weighted by atomic mass is 10.2. The molecule has 0 bridgehead atoms. The maximum Gasteiger partial charge on any atom is 0.225 e. The highest BCUT2D eigenvalue weighted by Gasteiger charge is 2.21. The fourth-order valence-corrected chi connectivity index (χ4v) is 3.38. The monoisotopic (exact) mass is 523 g/mol. The van der Waals surface area contributed by atoms with Crippen LogP contribution in [0.1, 0.15) is 19.4 Å². The van der Waals surface area contributed by atoms with Crippen molar-refractivity contribution >= 4 is 35.9 Å². The smallest absolute Gasteiger partial charge is 0.225 e. The molecule has 1 aromatic carbocycles. The third-order valence-electron chi connectivity index (χ3n) is 5.28. The summed E-state index contributed by atoms with van der Waals surface area (Å²) in [6.45, 7) is 10.6. The Hall–Kier alpha value is -1.94. The fourth-order valence-electron chi connectivity index (χ4n) is 3.38. The van der Waals surface area contributed by atoms with Gasteiger partial charge in [-0.1, -0.05) is 30.3 Å². The van der Waals surface area contributed by atoms with Gasteiger partial charge in [-0.3, -0.25) is 9.89 Å². The Morgan fingerprint density at radius 2 is 1.77 bits per heavy atom. The molecule has 1 atom stereocenters. The number of likely N-dealkylation sites (N-methyl/N-ethyl adjacent to an activating group) is 1. The number of aliphatic imine (C=N–C) groups is 1. The van der Waals surface area contributed by atoms with Crippen LogP contribution in [0, 0.1) is 0 Å². The molecule has 0 amide bonds. The van der Waals surface area contributed by atoms with Crippen LogP contribution >= 0.6 is 24.0 Å². The lowest BCUT2D eigenvalue weighted by Gasteiger charge is -2.36. The third kappa shape index (κ3) is 7.09. The van der Waals surface area contributed by atoms with E-state index in [0.717, 1.165) is 57.7 Å². The zero-order valence-electron chi connectivity index (χ0n) is 18.2. The van der Waals surface area contributed by atoms with Crippen LogP contribution < -0.4 is 10.2 Å². The number of guanidine groups is 1. The fraction of sp³-hybridized carbons (Fsp3) is 0.500. The molecule has 0 radical (unpaired) electrons. The molecule has 3 rings (SSSR count). The number of rotatable bonds is 7. The molecule has 1 aliphatic heterocycles. The molecule has 30 heavy (non-hydrogen) atoms. The quantitative estimate of drug-likeness (QED) is 0.342. The Labute approximate surface area is 197 Å². The van der Waals surface area contributed by atoms with Crippen molar-refractivity contribution in [2.45, 2.75) is 26.4 Å². The molecule has 1 aliphatic rings. The second-order valence-corrected chi connectivity index (χ2v) is 7.47. The number of piperazine rings is 1. The number of hydrogen-bond acceptors (Lipinski definition) is 5. The second-order valence-electron chi connectivity index (χ2n) is 7.47. The van der Waals surface area contributed by atoms with Gasteiger partial charge in [0.25, 0.3) is 0 Å². The van der Waals surface area contributed by atoms with Gasteiger partial charge in [0.05, 0.1) is 6.54 Å². The van der Waals surface area contributed by atoms with Crippen LogP contribution in [-0.2, 0) is 6.54 Å². The van der Waals surface area contributed by atoms with E-state index < -0.39 is 0 Å². The number of hydrogen-bond donors (Lipinski definition) is 1. The van der Waals surface area contributed by atoms with Gasteiger partial charge in [-0.2, -0.15) is 0 Å². The van der Waals surface area contributed by atoms with Crippen molar-refractivity contribution < 1.29 is 0 Å². The summed E-state index contributed by atoms with van der Waals surface area (Å²) in [6, 6.07) is 12.8. The summed E-state index contributed by atoms with van der Waals surface area (Å²) in [5.41, 5.74) is 1.33. The van der Waals surface area contributed by atoms with E-state index in [-0.39, 0.29) is 24.0 Å². The van der Waals surface area contributed by atoms with E-state index in [4.69, 9.17) is 4.99 Å². The second kappa shape index (κ2) is 12.7. The van der Waals surface area contributed by atoms with Crippen LogP contribution in [-0.4, -0.2) is 78.1 Å². The van der Waals surface area contributed by atoms with Gasteiger partial charge >= 0.3 is 0 Å². The van der Waals surface area contributed by atoms with Gasteiger partial charge in [0.2, 0.25) is 5.95 Å². The van der Waals surface area contributed by atoms with E-state index >= 15 is 0 Å². The molecule has 2 aromatic rings. The summed E-state index contributed by atoms with van der Waals surface area (Å²) in [7, 11) is 2.17. The minimum absolute atomic E-state index is 0. The van der Waals surface area contributed by atoms with Crippen LogP contribution in [0.25, 0.3) is 0 Å². The standard InChI is InChI=1S/C22H33N7.HI/c1-4-23-21(26-17-19(2)27(3)18-20-9-6-5-7-10-20)28-13-15-29(16-14-28)22-24-11-8-12-25-22;/h5-12,19H,4,13-18H2,1-3H3,(H,23,26);1H. The maximum atomic E-state index is 4.94. The molecule has 0 spiro atoms. The average molecular weight is 523 g/mol. The molecular weight excluding hydrogens is 489 g/mol. The molecule has 1 unspecified atom stereocenters. The molecule has 2 heterocycles. The van der Waals surface area contributed by atoms with Crippen LogP contribution in [0.4, 0.5) is 5.95 Å². The van der Waals surface area contributed by atoms with Gasteiger partial charge in [-0.15, -0.1) is 24.0 Å². The molecule has 1 fully saturated rings. The molecule has 1 N–H and O–H groups in total. The molecule has 0 aliphatic carbocycles. The number of aromatic nitrogens is 2. The SMILES string of the molecule is CCNC(=NCC(C)N(C)Cc1ccccc1)N1CCN(c2ncccn2)CC1.I. The number of nitrogens with zero attached hydrogens (tertiary/aromatic N) is 6. The van der Waals surface area contributed by atoms with Gasteiger partial charge in [-0.25, -0.2) is 9.97 Å². The predicted octanol–water partition coefficient (Wildman–Crippen LogP) is 2.70. The number of benzene rings is 1. The first-order valence-corrected chi connectivity index (χ1v) is 10.5. The Kier molecular flexibility index (Phi) is 10.3. The largest absolute Gasteiger partial charge is 0.357 e.